The Balaban J connectivity index is 1.39. The molecule has 4 heterocycles. The van der Waals surface area contributed by atoms with Crippen molar-refractivity contribution in [3.63, 3.8) is 0 Å². The van der Waals surface area contributed by atoms with Crippen molar-refractivity contribution in [1.82, 2.24) is 34.7 Å². The van der Waals surface area contributed by atoms with E-state index < -0.39 is 0 Å². The van der Waals surface area contributed by atoms with Gasteiger partial charge in [-0.05, 0) is 31.5 Å². The molecule has 9 nitrogen and oxygen atoms in total. The molecule has 0 radical (unpaired) electrons. The maximum Gasteiger partial charge on any atom is 0.225 e. The van der Waals surface area contributed by atoms with Crippen LogP contribution in [-0.2, 0) is 6.54 Å². The number of nitrogens with one attached hydrogen (secondary N) is 1. The summed E-state index contributed by atoms with van der Waals surface area (Å²) in [4.78, 5) is 26.9. The fraction of sp³-hybridized carbons (Fsp3) is 0.381. The minimum atomic E-state index is 0.584. The molecule has 9 heteroatoms. The zero-order valence-corrected chi connectivity index (χ0v) is 17.4. The Bertz CT molecular complexity index is 958. The third-order valence-electron chi connectivity index (χ3n) is 5.04. The van der Waals surface area contributed by atoms with Crippen molar-refractivity contribution in [2.24, 2.45) is 4.99 Å². The maximum atomic E-state index is 4.84. The molecule has 0 amide bonds. The molecule has 0 aromatic carbocycles. The first-order chi connectivity index (χ1) is 14.7. The quantitative estimate of drug-likeness (QED) is 0.510. The van der Waals surface area contributed by atoms with E-state index in [0.29, 0.717) is 6.54 Å². The maximum absolute atomic E-state index is 4.84. The normalized spacial score (nSPS) is 14.8. The van der Waals surface area contributed by atoms with Crippen molar-refractivity contribution in [2.45, 2.75) is 20.4 Å². The number of imidazole rings is 1. The van der Waals surface area contributed by atoms with E-state index in [9.17, 15) is 0 Å². The highest BCUT2D eigenvalue weighted by Crippen LogP contribution is 2.11. The summed E-state index contributed by atoms with van der Waals surface area (Å²) in [6.07, 6.45) is 9.15. The average Bonchev–Trinajstić information content (AvgIpc) is 3.23. The molecule has 30 heavy (non-hydrogen) atoms. The number of aliphatic imine (C=N–C) groups is 1. The van der Waals surface area contributed by atoms with Gasteiger partial charge >= 0.3 is 0 Å². The molecule has 4 rings (SSSR count). The Morgan fingerprint density at radius 2 is 1.83 bits per heavy atom. The van der Waals surface area contributed by atoms with E-state index in [1.807, 2.05) is 36.0 Å². The minimum Gasteiger partial charge on any atom is -0.357 e. The predicted octanol–water partition coefficient (Wildman–Crippen LogP) is 1.65. The summed E-state index contributed by atoms with van der Waals surface area (Å²) in [5.74, 6) is 3.51. The zero-order chi connectivity index (χ0) is 20.8. The number of rotatable bonds is 5. The lowest BCUT2D eigenvalue weighted by Gasteiger charge is -2.36. The molecular weight excluding hydrogens is 378 g/mol. The summed E-state index contributed by atoms with van der Waals surface area (Å²) >= 11 is 0. The van der Waals surface area contributed by atoms with Crippen LogP contribution in [-0.4, -0.2) is 68.1 Å². The van der Waals surface area contributed by atoms with E-state index in [1.54, 1.807) is 18.6 Å². The lowest BCUT2D eigenvalue weighted by atomic mass is 10.3. The van der Waals surface area contributed by atoms with Crippen LogP contribution in [0.4, 0.5) is 5.95 Å². The molecule has 0 saturated carbocycles. The smallest absolute Gasteiger partial charge is 0.225 e. The fourth-order valence-electron chi connectivity index (χ4n) is 3.44. The molecule has 156 valence electrons. The summed E-state index contributed by atoms with van der Waals surface area (Å²) in [5, 5.41) is 3.41. The van der Waals surface area contributed by atoms with E-state index in [1.165, 1.54) is 0 Å². The third-order valence-corrected chi connectivity index (χ3v) is 5.04. The first-order valence-electron chi connectivity index (χ1n) is 10.2. The highest BCUT2D eigenvalue weighted by molar-refractivity contribution is 5.80. The third kappa shape index (κ3) is 4.56. The van der Waals surface area contributed by atoms with Gasteiger partial charge in [-0.15, -0.1) is 0 Å². The van der Waals surface area contributed by atoms with Crippen LogP contribution in [0.25, 0.3) is 5.82 Å². The van der Waals surface area contributed by atoms with Gasteiger partial charge < -0.3 is 15.1 Å². The molecule has 3 aromatic rings. The van der Waals surface area contributed by atoms with E-state index in [0.717, 1.165) is 61.8 Å². The largest absolute Gasteiger partial charge is 0.357 e. The van der Waals surface area contributed by atoms with E-state index in [2.05, 4.69) is 48.0 Å². The van der Waals surface area contributed by atoms with Gasteiger partial charge in [0.15, 0.2) is 5.96 Å². The summed E-state index contributed by atoms with van der Waals surface area (Å²) in [5.41, 5.74) is 1.07. The van der Waals surface area contributed by atoms with Crippen LogP contribution in [0.15, 0.2) is 54.2 Å². The molecule has 0 aliphatic carbocycles. The van der Waals surface area contributed by atoms with Gasteiger partial charge in [-0.3, -0.25) is 4.57 Å². The van der Waals surface area contributed by atoms with Gasteiger partial charge in [0.2, 0.25) is 5.95 Å². The van der Waals surface area contributed by atoms with Gasteiger partial charge in [0.25, 0.3) is 0 Å². The second kappa shape index (κ2) is 9.34. The van der Waals surface area contributed by atoms with E-state index in [-0.39, 0.29) is 0 Å². The second-order valence-electron chi connectivity index (χ2n) is 7.06. The number of guanidine groups is 1. The molecule has 3 aromatic heterocycles. The first-order valence-corrected chi connectivity index (χ1v) is 10.2. The Labute approximate surface area is 176 Å². The summed E-state index contributed by atoms with van der Waals surface area (Å²) in [6.45, 7) is 8.96. The van der Waals surface area contributed by atoms with Crippen molar-refractivity contribution in [1.29, 1.82) is 0 Å². The van der Waals surface area contributed by atoms with Gasteiger partial charge in [0, 0.05) is 63.7 Å². The number of hydrogen-bond acceptors (Lipinski definition) is 6. The fourth-order valence-corrected chi connectivity index (χ4v) is 3.44. The van der Waals surface area contributed by atoms with Gasteiger partial charge in [0.1, 0.15) is 11.6 Å². The predicted molar refractivity (Wildman–Crippen MR) is 117 cm³/mol. The number of pyridine rings is 1. The minimum absolute atomic E-state index is 0.584. The monoisotopic (exact) mass is 405 g/mol. The molecule has 0 atom stereocenters. The number of aryl methyl sites for hydroxylation is 1. The summed E-state index contributed by atoms with van der Waals surface area (Å²) in [7, 11) is 0. The van der Waals surface area contributed by atoms with Crippen LogP contribution in [0.1, 0.15) is 18.3 Å². The lowest BCUT2D eigenvalue weighted by Crippen LogP contribution is -2.52. The molecule has 0 bridgehead atoms. The molecule has 1 aliphatic rings. The van der Waals surface area contributed by atoms with Gasteiger partial charge in [0.05, 0.1) is 6.54 Å². The van der Waals surface area contributed by atoms with Crippen molar-refractivity contribution in [2.75, 3.05) is 37.6 Å². The number of nitrogens with zero attached hydrogens (tertiary/aromatic N) is 8. The van der Waals surface area contributed by atoms with E-state index in [4.69, 9.17) is 4.99 Å². The number of aromatic nitrogens is 5. The summed E-state index contributed by atoms with van der Waals surface area (Å²) < 4.78 is 1.97. The number of piperazine rings is 1. The van der Waals surface area contributed by atoms with Crippen LogP contribution in [0, 0.1) is 6.92 Å². The van der Waals surface area contributed by atoms with Crippen LogP contribution in [0.2, 0.25) is 0 Å². The van der Waals surface area contributed by atoms with Crippen molar-refractivity contribution >= 4 is 11.9 Å². The Morgan fingerprint density at radius 3 is 2.47 bits per heavy atom. The molecule has 0 spiro atoms. The highest BCUT2D eigenvalue weighted by atomic mass is 15.4. The molecule has 0 unspecified atom stereocenters. The molecule has 1 fully saturated rings. The Kier molecular flexibility index (Phi) is 6.17. The number of hydrogen-bond donors (Lipinski definition) is 1. The molecule has 1 N–H and O–H groups in total. The molecule has 1 saturated heterocycles. The van der Waals surface area contributed by atoms with E-state index >= 15 is 0 Å². The standard InChI is InChI=1S/C21H27N9/c1-3-22-20(28-11-13-29(14-12-28)21-24-7-4-8-25-21)27-16-18-5-6-19(26-15-18)30-10-9-23-17(30)2/h4-10,15H,3,11-14,16H2,1-2H3,(H,22,27). The van der Waals surface area contributed by atoms with Crippen molar-refractivity contribution in [3.05, 3.63) is 60.6 Å². The molecule has 1 aliphatic heterocycles. The van der Waals surface area contributed by atoms with Crippen LogP contribution in [0.5, 0.6) is 0 Å². The zero-order valence-electron chi connectivity index (χ0n) is 17.4. The van der Waals surface area contributed by atoms with Gasteiger partial charge in [-0.1, -0.05) is 6.07 Å². The van der Waals surface area contributed by atoms with Crippen LogP contribution in [0.3, 0.4) is 0 Å². The van der Waals surface area contributed by atoms with Crippen LogP contribution >= 0.6 is 0 Å². The van der Waals surface area contributed by atoms with Gasteiger partial charge in [-0.2, -0.15) is 0 Å². The first kappa shape index (κ1) is 19.8. The second-order valence-corrected chi connectivity index (χ2v) is 7.06. The Morgan fingerprint density at radius 1 is 1.03 bits per heavy atom. The highest BCUT2D eigenvalue weighted by Gasteiger charge is 2.21. The van der Waals surface area contributed by atoms with Gasteiger partial charge in [-0.25, -0.2) is 24.9 Å². The SMILES string of the molecule is CCNC(=NCc1ccc(-n2ccnc2C)nc1)N1CCN(c2ncccn2)CC1. The average molecular weight is 406 g/mol. The number of anilines is 1. The molecular formula is C21H27N9. The Hall–Kier alpha value is -3.49. The lowest BCUT2D eigenvalue weighted by molar-refractivity contribution is 0.370. The van der Waals surface area contributed by atoms with Crippen molar-refractivity contribution in [3.8, 4) is 5.82 Å². The summed E-state index contributed by atoms with van der Waals surface area (Å²) in [6, 6.07) is 5.91. The topological polar surface area (TPSA) is 87.4 Å². The van der Waals surface area contributed by atoms with Crippen LogP contribution < -0.4 is 10.2 Å². The van der Waals surface area contributed by atoms with Crippen molar-refractivity contribution < 1.29 is 0 Å².